The van der Waals surface area contributed by atoms with Gasteiger partial charge in [0.15, 0.2) is 0 Å². The quantitative estimate of drug-likeness (QED) is 0.0844. The molecule has 0 atom stereocenters. The van der Waals surface area contributed by atoms with E-state index >= 15 is 0 Å². The van der Waals surface area contributed by atoms with Gasteiger partial charge >= 0.3 is 11.7 Å². The van der Waals surface area contributed by atoms with E-state index in [0.29, 0.717) is 22.1 Å². The predicted octanol–water partition coefficient (Wildman–Crippen LogP) is 4.44. The van der Waals surface area contributed by atoms with Crippen LogP contribution < -0.4 is 20.7 Å². The van der Waals surface area contributed by atoms with Crippen LogP contribution in [0.2, 0.25) is 0 Å². The number of carbonyl (C=O) groups excluding carboxylic acids is 4. The Bertz CT molecular complexity index is 1160. The highest BCUT2D eigenvalue weighted by Gasteiger charge is 2.25. The van der Waals surface area contributed by atoms with Crippen LogP contribution in [0, 0.1) is 20.8 Å². The molecule has 0 saturated carbocycles. The number of nitro groups is 1. The number of benzene rings is 2. The number of ether oxygens (including phenoxy) is 1. The number of hydrogen-bond donors (Lipinski definition) is 3. The van der Waals surface area contributed by atoms with E-state index < -0.39 is 16.8 Å². The van der Waals surface area contributed by atoms with Crippen LogP contribution in [0.4, 0.5) is 17.1 Å². The zero-order valence-corrected chi connectivity index (χ0v) is 24.8. The number of para-hydroxylation sites is 2. The maximum absolute atomic E-state index is 13.0. The van der Waals surface area contributed by atoms with Crippen LogP contribution in [0.1, 0.15) is 37.0 Å². The summed E-state index contributed by atoms with van der Waals surface area (Å²) < 4.78 is 6.65. The second-order valence-electron chi connectivity index (χ2n) is 6.99. The van der Waals surface area contributed by atoms with Crippen molar-refractivity contribution in [3.63, 3.8) is 0 Å². The zero-order chi connectivity index (χ0) is 26.3. The predicted molar refractivity (Wildman–Crippen MR) is 153 cm³/mol. The first-order valence-electron chi connectivity index (χ1n) is 9.91. The maximum Gasteiger partial charge on any atom is 0.311 e. The Morgan fingerprint density at radius 3 is 2.00 bits per heavy atom. The molecule has 0 aromatic heterocycles. The minimum atomic E-state index is -0.673. The molecule has 0 bridgehead atoms. The lowest BCUT2D eigenvalue weighted by Crippen LogP contribution is -2.28. The average molecular weight is 820 g/mol. The molecule has 0 heterocycles. The maximum atomic E-state index is 13.0. The van der Waals surface area contributed by atoms with Gasteiger partial charge in [-0.2, -0.15) is 0 Å². The van der Waals surface area contributed by atoms with Crippen molar-refractivity contribution in [1.82, 2.24) is 5.32 Å². The lowest BCUT2D eigenvalue weighted by Gasteiger charge is -2.19. The van der Waals surface area contributed by atoms with Gasteiger partial charge in [0.05, 0.1) is 32.6 Å². The van der Waals surface area contributed by atoms with Crippen molar-refractivity contribution in [2.45, 2.75) is 26.7 Å². The van der Waals surface area contributed by atoms with Gasteiger partial charge in [-0.05, 0) is 80.3 Å². The van der Waals surface area contributed by atoms with Crippen molar-refractivity contribution in [3.05, 3.63) is 50.7 Å². The summed E-state index contributed by atoms with van der Waals surface area (Å²) in [6.07, 6.45) is 0.140. The fraction of sp³-hybridized carbons (Fsp3) is 0.238. The molecule has 14 heteroatoms. The first kappa shape index (κ1) is 29.1. The number of rotatable bonds is 9. The fourth-order valence-electron chi connectivity index (χ4n) is 2.83. The molecule has 186 valence electrons. The molecule has 3 amide bonds. The standard InChI is InChI=1S/C21H19I3N4O7/c1-10(29)26-19-16(22)15(17(23)20(18(19)24)27-11(2)30)21(32)25-9-5-8-14(31)35-13-7-4-3-6-12(13)28(33)34/h3-4,6-7H,5,8-9H2,1-2H3,(H,25,32)(H,26,29)(H,27,30). The Kier molecular flexibility index (Phi) is 11.1. The largest absolute Gasteiger partial charge is 0.419 e. The van der Waals surface area contributed by atoms with Crippen molar-refractivity contribution in [3.8, 4) is 5.75 Å². The summed E-state index contributed by atoms with van der Waals surface area (Å²) >= 11 is 5.90. The van der Waals surface area contributed by atoms with E-state index in [-0.39, 0.29) is 48.2 Å². The smallest absolute Gasteiger partial charge is 0.311 e. The normalized spacial score (nSPS) is 10.3. The number of amides is 3. The van der Waals surface area contributed by atoms with Gasteiger partial charge in [-0.25, -0.2) is 0 Å². The summed E-state index contributed by atoms with van der Waals surface area (Å²) in [7, 11) is 0. The number of hydrogen-bond acceptors (Lipinski definition) is 7. The molecule has 0 aliphatic carbocycles. The van der Waals surface area contributed by atoms with E-state index in [9.17, 15) is 29.3 Å². The molecule has 11 nitrogen and oxygen atoms in total. The summed E-state index contributed by atoms with van der Waals surface area (Å²) in [6.45, 7) is 2.80. The Hall–Kier alpha value is -2.09. The number of nitro benzene ring substituents is 1. The van der Waals surface area contributed by atoms with E-state index in [1.807, 2.05) is 67.8 Å². The van der Waals surface area contributed by atoms with Crippen molar-refractivity contribution in [2.24, 2.45) is 0 Å². The molecule has 0 unspecified atom stereocenters. The molecule has 2 aromatic carbocycles. The lowest BCUT2D eigenvalue weighted by molar-refractivity contribution is -0.385. The first-order valence-corrected chi connectivity index (χ1v) is 13.2. The van der Waals surface area contributed by atoms with Gasteiger partial charge in [-0.15, -0.1) is 0 Å². The molecule has 0 aliphatic rings. The third kappa shape index (κ3) is 7.95. The number of nitrogens with one attached hydrogen (secondary N) is 3. The highest BCUT2D eigenvalue weighted by molar-refractivity contribution is 14.1. The number of carbonyl (C=O) groups is 4. The Labute approximate surface area is 241 Å². The van der Waals surface area contributed by atoms with Crippen LogP contribution in [-0.2, 0) is 14.4 Å². The zero-order valence-electron chi connectivity index (χ0n) is 18.4. The van der Waals surface area contributed by atoms with E-state index in [0.717, 1.165) is 0 Å². The van der Waals surface area contributed by atoms with Crippen LogP contribution in [0.5, 0.6) is 5.75 Å². The molecule has 35 heavy (non-hydrogen) atoms. The van der Waals surface area contributed by atoms with Crippen molar-refractivity contribution in [2.75, 3.05) is 17.2 Å². The number of halogens is 3. The highest BCUT2D eigenvalue weighted by Crippen LogP contribution is 2.39. The van der Waals surface area contributed by atoms with Gasteiger partial charge in [-0.3, -0.25) is 29.3 Å². The van der Waals surface area contributed by atoms with Crippen molar-refractivity contribution in [1.29, 1.82) is 0 Å². The SMILES string of the molecule is CC(=O)Nc1c(I)c(NC(C)=O)c(I)c(C(=O)NCCCC(=O)Oc2ccccc2[N+](=O)[O-])c1I. The van der Waals surface area contributed by atoms with E-state index in [2.05, 4.69) is 16.0 Å². The van der Waals surface area contributed by atoms with Gasteiger partial charge in [0.2, 0.25) is 17.6 Å². The third-order valence-electron chi connectivity index (χ3n) is 4.28. The van der Waals surface area contributed by atoms with Gasteiger partial charge in [0.1, 0.15) is 0 Å². The Balaban J connectivity index is 2.11. The molecule has 0 aliphatic heterocycles. The summed E-state index contributed by atoms with van der Waals surface area (Å²) in [5.41, 5.74) is 0.755. The van der Waals surface area contributed by atoms with Gasteiger partial charge < -0.3 is 20.7 Å². The molecule has 0 spiro atoms. The molecule has 2 aromatic rings. The molecule has 2 rings (SSSR count). The molecular formula is C21H19I3N4O7. The van der Waals surface area contributed by atoms with Gasteiger partial charge in [0.25, 0.3) is 5.91 Å². The van der Waals surface area contributed by atoms with Crippen LogP contribution >= 0.6 is 67.8 Å². The van der Waals surface area contributed by atoms with Crippen LogP contribution in [-0.4, -0.2) is 35.2 Å². The average Bonchev–Trinajstić information content (AvgIpc) is 2.77. The topological polar surface area (TPSA) is 157 Å². The molecule has 0 fully saturated rings. The third-order valence-corrected chi connectivity index (χ3v) is 7.51. The van der Waals surface area contributed by atoms with Crippen LogP contribution in [0.3, 0.4) is 0 Å². The number of nitrogens with zero attached hydrogens (tertiary/aromatic N) is 1. The van der Waals surface area contributed by atoms with Crippen LogP contribution in [0.15, 0.2) is 24.3 Å². The second kappa shape index (κ2) is 13.3. The Morgan fingerprint density at radius 2 is 1.49 bits per heavy atom. The minimum Gasteiger partial charge on any atom is -0.419 e. The molecular weight excluding hydrogens is 801 g/mol. The summed E-state index contributed by atoms with van der Waals surface area (Å²) in [6, 6.07) is 5.55. The van der Waals surface area contributed by atoms with Crippen molar-refractivity contribution < 1.29 is 28.8 Å². The summed E-state index contributed by atoms with van der Waals surface area (Å²) in [4.78, 5) is 58.9. The minimum absolute atomic E-state index is 0.0819. The van der Waals surface area contributed by atoms with E-state index in [1.165, 1.54) is 38.1 Å². The molecule has 0 saturated heterocycles. The Morgan fingerprint density at radius 1 is 0.943 bits per heavy atom. The van der Waals surface area contributed by atoms with Crippen molar-refractivity contribution >= 4 is 109 Å². The monoisotopic (exact) mass is 820 g/mol. The first-order chi connectivity index (χ1) is 16.4. The van der Waals surface area contributed by atoms with Gasteiger partial charge in [-0.1, -0.05) is 12.1 Å². The van der Waals surface area contributed by atoms with E-state index in [1.54, 1.807) is 0 Å². The molecule has 3 N–H and O–H groups in total. The van der Waals surface area contributed by atoms with E-state index in [4.69, 9.17) is 4.74 Å². The lowest BCUT2D eigenvalue weighted by atomic mass is 10.1. The number of esters is 1. The highest BCUT2D eigenvalue weighted by atomic mass is 127. The summed E-state index contributed by atoms with van der Waals surface area (Å²) in [5, 5.41) is 19.1. The fourth-order valence-corrected chi connectivity index (χ4v) is 7.02. The molecule has 0 radical (unpaired) electrons. The van der Waals surface area contributed by atoms with Crippen LogP contribution in [0.25, 0.3) is 0 Å². The second-order valence-corrected chi connectivity index (χ2v) is 10.2. The number of anilines is 2. The van der Waals surface area contributed by atoms with Gasteiger partial charge in [0, 0.05) is 32.9 Å². The summed E-state index contributed by atoms with van der Waals surface area (Å²) in [5.74, 6) is -1.95.